The molecular weight excluding hydrogens is 396 g/mol. The summed E-state index contributed by atoms with van der Waals surface area (Å²) in [5.74, 6) is 0. The smallest absolute Gasteiger partial charge is 0.264 e. The van der Waals surface area contributed by atoms with Gasteiger partial charge in [-0.25, -0.2) is 0 Å². The Kier molecular flexibility index (Phi) is 11.6. The van der Waals surface area contributed by atoms with Crippen molar-refractivity contribution in [1.82, 2.24) is 0 Å². The highest BCUT2D eigenvalue weighted by atomic mass is 32.2. The van der Waals surface area contributed by atoms with Crippen molar-refractivity contribution in [3.63, 3.8) is 0 Å². The lowest BCUT2D eigenvalue weighted by atomic mass is 10.0. The largest absolute Gasteiger partial charge is 0.376 e. The van der Waals surface area contributed by atoms with Crippen molar-refractivity contribution in [1.29, 1.82) is 0 Å². The van der Waals surface area contributed by atoms with Crippen molar-refractivity contribution < 1.29 is 34.7 Å². The van der Waals surface area contributed by atoms with Gasteiger partial charge in [-0.3, -0.25) is 8.37 Å². The minimum Gasteiger partial charge on any atom is -0.376 e. The molecule has 0 aliphatic heterocycles. The highest BCUT2D eigenvalue weighted by Gasteiger charge is 2.21. The molecule has 27 heavy (non-hydrogen) atoms. The lowest BCUT2D eigenvalue weighted by molar-refractivity contribution is -0.0533. The second kappa shape index (κ2) is 11.7. The fourth-order valence-corrected chi connectivity index (χ4v) is 3.16. The third-order valence-electron chi connectivity index (χ3n) is 3.72. The summed E-state index contributed by atoms with van der Waals surface area (Å²) in [5, 5.41) is 0. The number of ether oxygens (including phenoxy) is 2. The van der Waals surface area contributed by atoms with Crippen molar-refractivity contribution in [3.8, 4) is 0 Å². The SMILES string of the molecule is CC(C)(CCCOC(C)(C)CCCOS(C)(=O)=O)OCCCOS(C)(=O)=O. The molecule has 8 nitrogen and oxygen atoms in total. The Bertz CT molecular complexity index is 609. The molecule has 0 saturated carbocycles. The molecule has 0 radical (unpaired) electrons. The Hall–Kier alpha value is -0.260. The lowest BCUT2D eigenvalue weighted by Crippen LogP contribution is -2.28. The van der Waals surface area contributed by atoms with E-state index in [0.29, 0.717) is 32.5 Å². The summed E-state index contributed by atoms with van der Waals surface area (Å²) in [6.45, 7) is 9.19. The fourth-order valence-electron chi connectivity index (χ4n) is 2.32. The van der Waals surface area contributed by atoms with Crippen LogP contribution in [0.3, 0.4) is 0 Å². The Morgan fingerprint density at radius 3 is 1.33 bits per heavy atom. The summed E-state index contributed by atoms with van der Waals surface area (Å²) < 4.78 is 64.6. The van der Waals surface area contributed by atoms with E-state index in [1.165, 1.54) is 0 Å². The van der Waals surface area contributed by atoms with Gasteiger partial charge in [0.05, 0.1) is 36.9 Å². The monoisotopic (exact) mass is 432 g/mol. The van der Waals surface area contributed by atoms with Crippen LogP contribution in [0.5, 0.6) is 0 Å². The standard InChI is InChI=1S/C17H36O8S2/c1-16(2,23-13-9-15-25-27(6,20)21)10-7-12-22-17(3,4)11-8-14-24-26(5,18)19/h7-15H2,1-6H3. The highest BCUT2D eigenvalue weighted by Crippen LogP contribution is 2.21. The van der Waals surface area contributed by atoms with Crippen LogP contribution in [-0.4, -0.2) is 67.0 Å². The van der Waals surface area contributed by atoms with E-state index in [0.717, 1.165) is 25.4 Å². The highest BCUT2D eigenvalue weighted by molar-refractivity contribution is 7.86. The summed E-state index contributed by atoms with van der Waals surface area (Å²) >= 11 is 0. The molecule has 0 aromatic heterocycles. The molecule has 0 amide bonds. The van der Waals surface area contributed by atoms with Gasteiger partial charge in [-0.1, -0.05) is 0 Å². The molecule has 0 heterocycles. The van der Waals surface area contributed by atoms with Gasteiger partial charge in [0.25, 0.3) is 20.2 Å². The third-order valence-corrected chi connectivity index (χ3v) is 4.91. The van der Waals surface area contributed by atoms with Gasteiger partial charge in [-0.2, -0.15) is 16.8 Å². The number of hydrogen-bond acceptors (Lipinski definition) is 8. The first-order valence-corrected chi connectivity index (χ1v) is 12.7. The molecule has 164 valence electrons. The maximum absolute atomic E-state index is 10.9. The summed E-state index contributed by atoms with van der Waals surface area (Å²) in [5.41, 5.74) is -0.684. The molecule has 0 fully saturated rings. The quantitative estimate of drug-likeness (QED) is 0.271. The van der Waals surface area contributed by atoms with Gasteiger partial charge in [0.15, 0.2) is 0 Å². The molecule has 0 saturated heterocycles. The molecule has 0 aromatic rings. The van der Waals surface area contributed by atoms with E-state index in [2.05, 4.69) is 4.18 Å². The molecule has 0 aliphatic rings. The molecule has 0 bridgehead atoms. The zero-order valence-corrected chi connectivity index (χ0v) is 19.1. The average Bonchev–Trinajstić information content (AvgIpc) is 2.46. The van der Waals surface area contributed by atoms with Crippen molar-refractivity contribution in [2.45, 2.75) is 71.0 Å². The van der Waals surface area contributed by atoms with Crippen LogP contribution in [0.2, 0.25) is 0 Å². The summed E-state index contributed by atoms with van der Waals surface area (Å²) in [6.07, 6.45) is 5.49. The molecular formula is C17H36O8S2. The van der Waals surface area contributed by atoms with Crippen LogP contribution in [0.25, 0.3) is 0 Å². The van der Waals surface area contributed by atoms with E-state index >= 15 is 0 Å². The van der Waals surface area contributed by atoms with Gasteiger partial charge in [0.2, 0.25) is 0 Å². The van der Waals surface area contributed by atoms with Gasteiger partial charge in [-0.15, -0.1) is 0 Å². The van der Waals surface area contributed by atoms with Crippen LogP contribution < -0.4 is 0 Å². The molecule has 0 spiro atoms. The van der Waals surface area contributed by atoms with E-state index in [1.54, 1.807) is 0 Å². The molecule has 0 aromatic carbocycles. The van der Waals surface area contributed by atoms with Crippen LogP contribution in [0.4, 0.5) is 0 Å². The first-order chi connectivity index (χ1) is 12.1. The summed E-state index contributed by atoms with van der Waals surface area (Å²) in [7, 11) is -6.79. The Labute approximate surface area is 165 Å². The maximum Gasteiger partial charge on any atom is 0.264 e. The number of hydrogen-bond donors (Lipinski definition) is 0. The topological polar surface area (TPSA) is 105 Å². The summed E-state index contributed by atoms with van der Waals surface area (Å²) in [6, 6.07) is 0. The molecule has 10 heteroatoms. The zero-order valence-electron chi connectivity index (χ0n) is 17.4. The minimum absolute atomic E-state index is 0.120. The third kappa shape index (κ3) is 18.9. The molecule has 0 aliphatic carbocycles. The zero-order chi connectivity index (χ0) is 21.2. The van der Waals surface area contributed by atoms with Gasteiger partial charge in [0.1, 0.15) is 0 Å². The van der Waals surface area contributed by atoms with Gasteiger partial charge >= 0.3 is 0 Å². The van der Waals surface area contributed by atoms with E-state index in [-0.39, 0.29) is 24.4 Å². The Balaban J connectivity index is 3.89. The van der Waals surface area contributed by atoms with E-state index in [4.69, 9.17) is 13.7 Å². The second-order valence-electron chi connectivity index (χ2n) is 7.83. The van der Waals surface area contributed by atoms with Crippen molar-refractivity contribution in [3.05, 3.63) is 0 Å². The fraction of sp³-hybridized carbons (Fsp3) is 1.00. The maximum atomic E-state index is 10.9. The summed E-state index contributed by atoms with van der Waals surface area (Å²) in [4.78, 5) is 0. The predicted molar refractivity (Wildman–Crippen MR) is 105 cm³/mol. The minimum atomic E-state index is -3.40. The molecule has 0 unspecified atom stereocenters. The molecule has 0 atom stereocenters. The molecule has 0 rings (SSSR count). The second-order valence-corrected chi connectivity index (χ2v) is 11.1. The first kappa shape index (κ1) is 26.7. The van der Waals surface area contributed by atoms with E-state index in [1.807, 2.05) is 27.7 Å². The van der Waals surface area contributed by atoms with Crippen LogP contribution in [0.1, 0.15) is 59.8 Å². The van der Waals surface area contributed by atoms with Crippen LogP contribution in [-0.2, 0) is 38.1 Å². The lowest BCUT2D eigenvalue weighted by Gasteiger charge is -2.28. The van der Waals surface area contributed by atoms with Crippen molar-refractivity contribution in [2.24, 2.45) is 0 Å². The van der Waals surface area contributed by atoms with Gasteiger partial charge < -0.3 is 9.47 Å². The van der Waals surface area contributed by atoms with Gasteiger partial charge in [0, 0.05) is 13.2 Å². The first-order valence-electron chi connectivity index (χ1n) is 9.09. The predicted octanol–water partition coefficient (Wildman–Crippen LogP) is 2.48. The van der Waals surface area contributed by atoms with Gasteiger partial charge in [-0.05, 0) is 59.8 Å². The van der Waals surface area contributed by atoms with Crippen molar-refractivity contribution in [2.75, 3.05) is 38.9 Å². The Morgan fingerprint density at radius 2 is 0.926 bits per heavy atom. The van der Waals surface area contributed by atoms with Crippen LogP contribution >= 0.6 is 0 Å². The van der Waals surface area contributed by atoms with Crippen LogP contribution in [0.15, 0.2) is 0 Å². The van der Waals surface area contributed by atoms with E-state index < -0.39 is 20.2 Å². The number of rotatable bonds is 16. The van der Waals surface area contributed by atoms with Crippen molar-refractivity contribution >= 4 is 20.2 Å². The molecule has 0 N–H and O–H groups in total. The average molecular weight is 433 g/mol. The van der Waals surface area contributed by atoms with Crippen LogP contribution in [0, 0.1) is 0 Å². The normalized spacial score (nSPS) is 13.9. The Morgan fingerprint density at radius 1 is 0.593 bits per heavy atom. The van der Waals surface area contributed by atoms with E-state index in [9.17, 15) is 16.8 Å².